The Kier molecular flexibility index (Phi) is 7.74. The molecule has 0 spiro atoms. The number of ketones is 1. The maximum absolute atomic E-state index is 13.5. The smallest absolute Gasteiger partial charge is 0.339 e. The fraction of sp³-hybridized carbons (Fsp3) is 0.353. The molecule has 5 heteroatoms. The van der Waals surface area contributed by atoms with Crippen molar-refractivity contribution in [3.63, 3.8) is 0 Å². The van der Waals surface area contributed by atoms with Gasteiger partial charge < -0.3 is 15.1 Å². The van der Waals surface area contributed by atoms with E-state index in [0.717, 1.165) is 37.1 Å². The third-order valence-electron chi connectivity index (χ3n) is 8.19. The summed E-state index contributed by atoms with van der Waals surface area (Å²) in [7, 11) is 0. The van der Waals surface area contributed by atoms with E-state index in [2.05, 4.69) is 76.8 Å². The monoisotopic (exact) mass is 525 g/mol. The fourth-order valence-electron chi connectivity index (χ4n) is 5.70. The lowest BCUT2D eigenvalue weighted by Gasteiger charge is -2.43. The number of carboxylic acids is 1. The molecule has 0 bridgehead atoms. The van der Waals surface area contributed by atoms with Gasteiger partial charge in [0.15, 0.2) is 5.78 Å². The summed E-state index contributed by atoms with van der Waals surface area (Å²) >= 11 is 0. The molecule has 0 radical (unpaired) electrons. The number of carboxylic acid groups (broad SMARTS) is 1. The molecule has 0 heterocycles. The van der Waals surface area contributed by atoms with Crippen molar-refractivity contribution in [2.24, 2.45) is 0 Å². The highest BCUT2D eigenvalue weighted by Gasteiger charge is 2.39. The topological polar surface area (TPSA) is 77.8 Å². The van der Waals surface area contributed by atoms with Gasteiger partial charge in [-0.1, -0.05) is 52.0 Å². The number of allylic oxidation sites excluding steroid dienone is 1. The van der Waals surface area contributed by atoms with Gasteiger partial charge in [-0.3, -0.25) is 4.79 Å². The van der Waals surface area contributed by atoms with Gasteiger partial charge in [0.2, 0.25) is 0 Å². The molecule has 0 saturated heterocycles. The molecule has 0 aromatic heterocycles. The van der Waals surface area contributed by atoms with Crippen molar-refractivity contribution < 1.29 is 19.8 Å². The Morgan fingerprint density at radius 1 is 0.897 bits per heavy atom. The zero-order chi connectivity index (χ0) is 28.5. The van der Waals surface area contributed by atoms with Crippen molar-refractivity contribution >= 4 is 23.5 Å². The fourth-order valence-corrected chi connectivity index (χ4v) is 5.70. The first-order valence-corrected chi connectivity index (χ1v) is 13.7. The van der Waals surface area contributed by atoms with Crippen LogP contribution in [0.3, 0.4) is 0 Å². The Morgan fingerprint density at radius 2 is 1.54 bits per heavy atom. The number of hydrogen-bond donors (Lipinski definition) is 2. The number of hydrogen-bond acceptors (Lipinski definition) is 4. The zero-order valence-corrected chi connectivity index (χ0v) is 23.8. The van der Waals surface area contributed by atoms with Crippen LogP contribution in [0.1, 0.15) is 91.8 Å². The van der Waals surface area contributed by atoms with E-state index in [1.807, 2.05) is 6.07 Å². The molecule has 204 valence electrons. The van der Waals surface area contributed by atoms with Crippen molar-refractivity contribution in [2.75, 3.05) is 18.0 Å². The van der Waals surface area contributed by atoms with E-state index in [1.54, 1.807) is 12.1 Å². The van der Waals surface area contributed by atoms with Crippen molar-refractivity contribution in [1.82, 2.24) is 0 Å². The molecule has 0 atom stereocenters. The van der Waals surface area contributed by atoms with Gasteiger partial charge in [-0.05, 0) is 108 Å². The second-order valence-electron chi connectivity index (χ2n) is 11.7. The maximum Gasteiger partial charge on any atom is 0.339 e. The first kappa shape index (κ1) is 28.2. The maximum atomic E-state index is 13.5. The average molecular weight is 526 g/mol. The van der Waals surface area contributed by atoms with Crippen molar-refractivity contribution in [2.45, 2.75) is 65.2 Å². The minimum absolute atomic E-state index is 0.0292. The predicted octanol–water partition coefficient (Wildman–Crippen LogP) is 7.85. The van der Waals surface area contributed by atoms with E-state index in [4.69, 9.17) is 5.11 Å². The summed E-state index contributed by atoms with van der Waals surface area (Å²) in [5.41, 5.74) is 6.80. The van der Waals surface area contributed by atoms with Crippen molar-refractivity contribution in [3.05, 3.63) is 88.5 Å². The molecule has 0 aliphatic heterocycles. The summed E-state index contributed by atoms with van der Waals surface area (Å²) in [6, 6.07) is 17.0. The van der Waals surface area contributed by atoms with Crippen LogP contribution in [0.15, 0.2) is 60.7 Å². The quantitative estimate of drug-likeness (QED) is 0.231. The molecule has 39 heavy (non-hydrogen) atoms. The Balaban J connectivity index is 1.80. The van der Waals surface area contributed by atoms with Gasteiger partial charge in [-0.15, -0.1) is 0 Å². The molecule has 0 amide bonds. The number of benzene rings is 3. The first-order chi connectivity index (χ1) is 18.4. The van der Waals surface area contributed by atoms with Gasteiger partial charge in [0.25, 0.3) is 0 Å². The number of carbonyl (C=O) groups excluding carboxylic acids is 1. The van der Waals surface area contributed by atoms with Crippen molar-refractivity contribution in [1.29, 1.82) is 0 Å². The highest BCUT2D eigenvalue weighted by atomic mass is 16.4. The summed E-state index contributed by atoms with van der Waals surface area (Å²) in [4.78, 5) is 27.0. The third kappa shape index (κ3) is 5.63. The van der Waals surface area contributed by atoms with Crippen LogP contribution in [0.4, 0.5) is 5.69 Å². The van der Waals surface area contributed by atoms with Crippen LogP contribution < -0.4 is 4.90 Å². The number of aromatic hydroxyl groups is 1. The summed E-state index contributed by atoms with van der Waals surface area (Å²) in [6.07, 6.45) is 5.21. The largest absolute Gasteiger partial charge is 0.507 e. The minimum Gasteiger partial charge on any atom is -0.507 e. The Morgan fingerprint density at radius 3 is 2.13 bits per heavy atom. The SMILES string of the molecule is CCN(CC)c1ccc(-c2cc(C(=O)C=Cc3ccc(C(=O)O)c(O)c3)cc3c2C(C)(C)CCC3(C)C)cc1. The molecule has 0 unspecified atom stereocenters. The molecule has 4 rings (SSSR count). The van der Waals surface area contributed by atoms with Crippen LogP contribution in [0.2, 0.25) is 0 Å². The Labute approximate surface area is 231 Å². The van der Waals surface area contributed by atoms with Gasteiger partial charge in [0, 0.05) is 24.3 Å². The van der Waals surface area contributed by atoms with Gasteiger partial charge in [-0.2, -0.15) is 0 Å². The summed E-state index contributed by atoms with van der Waals surface area (Å²) in [5.74, 6) is -1.67. The standard InChI is InChI=1S/C34H39NO4/c1-7-35(8-2)25-13-11-23(12-14-25)27-20-24(21-28-31(27)34(5,6)18-17-33(28,3)4)29(36)16-10-22-9-15-26(32(38)39)30(37)19-22/h9-16,19-21,37H,7-8,17-18H2,1-6H3,(H,38,39). The molecule has 2 N–H and O–H groups in total. The molecule has 5 nitrogen and oxygen atoms in total. The van der Waals surface area contributed by atoms with Crippen LogP contribution in [0.5, 0.6) is 5.75 Å². The van der Waals surface area contributed by atoms with E-state index >= 15 is 0 Å². The molecular weight excluding hydrogens is 486 g/mol. The van der Waals surface area contributed by atoms with Gasteiger partial charge in [0.1, 0.15) is 11.3 Å². The van der Waals surface area contributed by atoms with E-state index < -0.39 is 5.97 Å². The molecule has 3 aromatic carbocycles. The second kappa shape index (κ2) is 10.7. The number of carbonyl (C=O) groups is 2. The molecular formula is C34H39NO4. The van der Waals surface area contributed by atoms with Gasteiger partial charge >= 0.3 is 5.97 Å². The minimum atomic E-state index is -1.20. The van der Waals surface area contributed by atoms with Crippen LogP contribution in [-0.2, 0) is 10.8 Å². The van der Waals surface area contributed by atoms with E-state index in [1.165, 1.54) is 35.0 Å². The molecule has 0 saturated carbocycles. The average Bonchev–Trinajstić information content (AvgIpc) is 2.90. The summed E-state index contributed by atoms with van der Waals surface area (Å²) < 4.78 is 0. The number of aromatic carboxylic acids is 1. The van der Waals surface area contributed by atoms with E-state index in [9.17, 15) is 14.7 Å². The summed E-state index contributed by atoms with van der Waals surface area (Å²) in [6.45, 7) is 15.3. The Bertz CT molecular complexity index is 1430. The first-order valence-electron chi connectivity index (χ1n) is 13.7. The van der Waals surface area contributed by atoms with Crippen LogP contribution in [0, 0.1) is 0 Å². The number of nitrogens with zero attached hydrogens (tertiary/aromatic N) is 1. The highest BCUT2D eigenvalue weighted by molar-refractivity contribution is 6.08. The molecule has 3 aromatic rings. The lowest BCUT2D eigenvalue weighted by atomic mass is 9.61. The van der Waals surface area contributed by atoms with E-state index in [-0.39, 0.29) is 27.9 Å². The van der Waals surface area contributed by atoms with Crippen molar-refractivity contribution in [3.8, 4) is 16.9 Å². The zero-order valence-electron chi connectivity index (χ0n) is 23.8. The highest BCUT2D eigenvalue weighted by Crippen LogP contribution is 2.50. The molecule has 1 aliphatic carbocycles. The van der Waals surface area contributed by atoms with Crippen LogP contribution in [-0.4, -0.2) is 35.1 Å². The van der Waals surface area contributed by atoms with E-state index in [0.29, 0.717) is 11.1 Å². The second-order valence-corrected chi connectivity index (χ2v) is 11.7. The number of rotatable bonds is 8. The summed E-state index contributed by atoms with van der Waals surface area (Å²) in [5, 5.41) is 19.2. The third-order valence-corrected chi connectivity index (χ3v) is 8.19. The number of fused-ring (bicyclic) bond motifs is 1. The molecule has 0 fully saturated rings. The lowest BCUT2D eigenvalue weighted by Crippen LogP contribution is -2.34. The van der Waals surface area contributed by atoms with Crippen LogP contribution >= 0.6 is 0 Å². The van der Waals surface area contributed by atoms with Gasteiger partial charge in [0.05, 0.1) is 0 Å². The number of phenols is 1. The number of anilines is 1. The lowest BCUT2D eigenvalue weighted by molar-refractivity contribution is 0.0693. The predicted molar refractivity (Wildman–Crippen MR) is 159 cm³/mol. The molecule has 1 aliphatic rings. The van der Waals surface area contributed by atoms with Gasteiger partial charge in [-0.25, -0.2) is 4.79 Å². The van der Waals surface area contributed by atoms with Crippen LogP contribution in [0.25, 0.3) is 17.2 Å². The normalized spacial score (nSPS) is 15.6. The Hall–Kier alpha value is -3.86.